The number of carbonyl (C=O) groups is 2. The molecule has 1 aromatic carbocycles. The number of halogens is 1. The van der Waals surface area contributed by atoms with Crippen molar-refractivity contribution in [3.63, 3.8) is 0 Å². The summed E-state index contributed by atoms with van der Waals surface area (Å²) in [6, 6.07) is 7.57. The van der Waals surface area contributed by atoms with E-state index in [2.05, 4.69) is 0 Å². The van der Waals surface area contributed by atoms with Crippen molar-refractivity contribution >= 4 is 55.9 Å². The van der Waals surface area contributed by atoms with Gasteiger partial charge < -0.3 is 4.74 Å². The molecule has 0 fully saturated rings. The first-order valence-corrected chi connectivity index (χ1v) is 7.81. The number of esters is 1. The molecule has 3 nitrogen and oxygen atoms in total. The zero-order chi connectivity index (χ0) is 13.8. The van der Waals surface area contributed by atoms with Crippen molar-refractivity contribution in [3.8, 4) is 0 Å². The Balaban J connectivity index is 2.13. The van der Waals surface area contributed by atoms with Gasteiger partial charge in [0.25, 0.3) is 0 Å². The lowest BCUT2D eigenvalue weighted by molar-refractivity contribution is -0.139. The molecule has 0 saturated heterocycles. The molecule has 1 heterocycles. The van der Waals surface area contributed by atoms with Crippen LogP contribution in [0.5, 0.6) is 0 Å². The Bertz CT molecular complexity index is 621. The van der Waals surface area contributed by atoms with Crippen molar-refractivity contribution < 1.29 is 14.3 Å². The minimum Gasteiger partial charge on any atom is -0.465 e. The van der Waals surface area contributed by atoms with Gasteiger partial charge in [-0.15, -0.1) is 11.3 Å². The highest BCUT2D eigenvalue weighted by Gasteiger charge is 2.18. The molecular formula is C13H11ClO3S2. The maximum Gasteiger partial charge on any atom is 0.316 e. The Morgan fingerprint density at radius 3 is 2.79 bits per heavy atom. The lowest BCUT2D eigenvalue weighted by atomic mass is 10.2. The van der Waals surface area contributed by atoms with E-state index in [0.717, 1.165) is 21.8 Å². The van der Waals surface area contributed by atoms with Gasteiger partial charge in [-0.05, 0) is 13.0 Å². The lowest BCUT2D eigenvalue weighted by Gasteiger charge is -2.00. The number of thiophene rings is 1. The molecule has 0 unspecified atom stereocenters. The van der Waals surface area contributed by atoms with E-state index in [4.69, 9.17) is 16.3 Å². The quantitative estimate of drug-likeness (QED) is 0.800. The molecule has 0 atom stereocenters. The van der Waals surface area contributed by atoms with E-state index in [0.29, 0.717) is 16.5 Å². The molecule has 0 saturated carbocycles. The first kappa shape index (κ1) is 14.4. The zero-order valence-electron chi connectivity index (χ0n) is 10.1. The topological polar surface area (TPSA) is 43.4 Å². The number of thioether (sulfide) groups is 1. The first-order valence-electron chi connectivity index (χ1n) is 5.63. The normalized spacial score (nSPS) is 10.6. The van der Waals surface area contributed by atoms with Gasteiger partial charge >= 0.3 is 5.97 Å². The molecule has 0 aliphatic rings. The number of hydrogen-bond acceptors (Lipinski definition) is 5. The van der Waals surface area contributed by atoms with Crippen LogP contribution >= 0.6 is 34.7 Å². The second kappa shape index (κ2) is 6.41. The SMILES string of the molecule is CCOC(=O)CSC(=O)c1sc2ccccc2c1Cl. The number of carbonyl (C=O) groups excluding carboxylic acids is 2. The Morgan fingerprint density at radius 1 is 1.37 bits per heavy atom. The highest BCUT2D eigenvalue weighted by atomic mass is 35.5. The standard InChI is InChI=1S/C13H11ClO3S2/c1-2-17-10(15)7-18-13(16)12-11(14)8-5-3-4-6-9(8)19-12/h3-6H,2,7H2,1H3. The summed E-state index contributed by atoms with van der Waals surface area (Å²) in [6.45, 7) is 2.05. The molecule has 0 N–H and O–H groups in total. The zero-order valence-corrected chi connectivity index (χ0v) is 12.5. The number of rotatable bonds is 4. The van der Waals surface area contributed by atoms with Crippen molar-refractivity contribution in [2.24, 2.45) is 0 Å². The third-order valence-electron chi connectivity index (χ3n) is 2.35. The summed E-state index contributed by atoms with van der Waals surface area (Å²) in [4.78, 5) is 23.7. The van der Waals surface area contributed by atoms with Crippen LogP contribution in [0.2, 0.25) is 5.02 Å². The Morgan fingerprint density at radius 2 is 2.11 bits per heavy atom. The lowest BCUT2D eigenvalue weighted by Crippen LogP contribution is -2.08. The summed E-state index contributed by atoms with van der Waals surface area (Å²) >= 11 is 8.45. The van der Waals surface area contributed by atoms with Gasteiger partial charge in [-0.1, -0.05) is 41.6 Å². The van der Waals surface area contributed by atoms with E-state index in [1.807, 2.05) is 24.3 Å². The molecule has 2 aromatic rings. The van der Waals surface area contributed by atoms with E-state index in [1.54, 1.807) is 6.92 Å². The summed E-state index contributed by atoms with van der Waals surface area (Å²) in [7, 11) is 0. The fourth-order valence-corrected chi connectivity index (χ4v) is 3.81. The van der Waals surface area contributed by atoms with Gasteiger partial charge in [-0.3, -0.25) is 9.59 Å². The summed E-state index contributed by atoms with van der Waals surface area (Å²) in [6.07, 6.45) is 0. The molecule has 0 amide bonds. The Labute approximate surface area is 123 Å². The predicted octanol–water partition coefficient (Wildman–Crippen LogP) is 3.99. The molecule has 1 aromatic heterocycles. The third kappa shape index (κ3) is 3.29. The van der Waals surface area contributed by atoms with Gasteiger partial charge in [0.1, 0.15) is 4.88 Å². The van der Waals surface area contributed by atoms with Crippen LogP contribution in [-0.4, -0.2) is 23.4 Å². The molecule has 19 heavy (non-hydrogen) atoms. The van der Waals surface area contributed by atoms with Crippen LogP contribution in [0.15, 0.2) is 24.3 Å². The van der Waals surface area contributed by atoms with Crippen LogP contribution in [0.1, 0.15) is 16.6 Å². The largest absolute Gasteiger partial charge is 0.465 e. The smallest absolute Gasteiger partial charge is 0.316 e. The summed E-state index contributed by atoms with van der Waals surface area (Å²) in [5.41, 5.74) is 0. The summed E-state index contributed by atoms with van der Waals surface area (Å²) in [5, 5.41) is 1.13. The molecule has 0 aliphatic carbocycles. The Hall–Kier alpha value is -1.04. The van der Waals surface area contributed by atoms with E-state index >= 15 is 0 Å². The van der Waals surface area contributed by atoms with Crippen molar-refractivity contribution in [2.75, 3.05) is 12.4 Å². The van der Waals surface area contributed by atoms with Crippen molar-refractivity contribution in [1.82, 2.24) is 0 Å². The molecule has 6 heteroatoms. The maximum absolute atomic E-state index is 12.0. The van der Waals surface area contributed by atoms with Crippen LogP contribution < -0.4 is 0 Å². The number of fused-ring (bicyclic) bond motifs is 1. The number of benzene rings is 1. The van der Waals surface area contributed by atoms with E-state index in [9.17, 15) is 9.59 Å². The van der Waals surface area contributed by atoms with Gasteiger partial charge in [0.05, 0.1) is 17.4 Å². The Kier molecular flexibility index (Phi) is 4.85. The van der Waals surface area contributed by atoms with Crippen LogP contribution in [0, 0.1) is 0 Å². The first-order chi connectivity index (χ1) is 9.13. The fraction of sp³-hybridized carbons (Fsp3) is 0.231. The van der Waals surface area contributed by atoms with Gasteiger partial charge in [-0.2, -0.15) is 0 Å². The van der Waals surface area contributed by atoms with E-state index in [-0.39, 0.29) is 10.9 Å². The third-order valence-corrected chi connectivity index (χ3v) is 5.00. The molecular weight excluding hydrogens is 304 g/mol. The van der Waals surface area contributed by atoms with E-state index < -0.39 is 5.97 Å². The molecule has 0 radical (unpaired) electrons. The van der Waals surface area contributed by atoms with Crippen LogP contribution in [-0.2, 0) is 9.53 Å². The minimum atomic E-state index is -0.391. The molecule has 0 aliphatic heterocycles. The van der Waals surface area contributed by atoms with Gasteiger partial charge in [0.2, 0.25) is 5.12 Å². The predicted molar refractivity (Wildman–Crippen MR) is 80.3 cm³/mol. The summed E-state index contributed by atoms with van der Waals surface area (Å²) in [5.74, 6) is -0.380. The average Bonchev–Trinajstić information content (AvgIpc) is 2.74. The average molecular weight is 315 g/mol. The monoisotopic (exact) mass is 314 g/mol. The molecule has 0 spiro atoms. The molecule has 0 bridgehead atoms. The van der Waals surface area contributed by atoms with Crippen LogP contribution in [0.4, 0.5) is 0 Å². The molecule has 100 valence electrons. The summed E-state index contributed by atoms with van der Waals surface area (Å²) < 4.78 is 5.74. The van der Waals surface area contributed by atoms with Crippen molar-refractivity contribution in [3.05, 3.63) is 34.2 Å². The van der Waals surface area contributed by atoms with Crippen LogP contribution in [0.3, 0.4) is 0 Å². The van der Waals surface area contributed by atoms with Crippen molar-refractivity contribution in [2.45, 2.75) is 6.92 Å². The number of hydrogen-bond donors (Lipinski definition) is 0. The second-order valence-corrected chi connectivity index (χ2v) is 6.00. The van der Waals surface area contributed by atoms with Crippen LogP contribution in [0.25, 0.3) is 10.1 Å². The highest BCUT2D eigenvalue weighted by molar-refractivity contribution is 8.14. The van der Waals surface area contributed by atoms with Gasteiger partial charge in [-0.25, -0.2) is 0 Å². The number of ether oxygens (including phenoxy) is 1. The van der Waals surface area contributed by atoms with Crippen molar-refractivity contribution in [1.29, 1.82) is 0 Å². The van der Waals surface area contributed by atoms with E-state index in [1.165, 1.54) is 11.3 Å². The molecule has 2 rings (SSSR count). The highest BCUT2D eigenvalue weighted by Crippen LogP contribution is 2.37. The maximum atomic E-state index is 12.0. The second-order valence-electron chi connectivity index (χ2n) is 3.62. The minimum absolute atomic E-state index is 0.0112. The van der Waals surface area contributed by atoms with Gasteiger partial charge in [0.15, 0.2) is 0 Å². The fourth-order valence-electron chi connectivity index (χ4n) is 1.54. The van der Waals surface area contributed by atoms with Gasteiger partial charge in [0, 0.05) is 10.1 Å².